The Kier molecular flexibility index (Phi) is 4.80. The van der Waals surface area contributed by atoms with Gasteiger partial charge in [-0.25, -0.2) is 4.79 Å². The molecule has 4 aliphatic rings. The quantitative estimate of drug-likeness (QED) is 0.609. The molecule has 1 amide bonds. The summed E-state index contributed by atoms with van der Waals surface area (Å²) in [7, 11) is 1.34. The molecule has 1 saturated carbocycles. The molecule has 6 nitrogen and oxygen atoms in total. The van der Waals surface area contributed by atoms with Crippen LogP contribution < -0.4 is 5.32 Å². The normalized spacial score (nSPS) is 28.5. The molecule has 2 bridgehead atoms. The molecule has 0 unspecified atom stereocenters. The highest BCUT2D eigenvalue weighted by Gasteiger charge is 2.48. The number of rotatable bonds is 4. The molecule has 1 heterocycles. The first-order valence-corrected chi connectivity index (χ1v) is 10.3. The van der Waals surface area contributed by atoms with Crippen molar-refractivity contribution < 1.29 is 24.2 Å². The van der Waals surface area contributed by atoms with Gasteiger partial charge in [-0.2, -0.15) is 0 Å². The minimum absolute atomic E-state index is 0.0627. The number of ether oxygens (including phenoxy) is 1. The number of fused-ring (bicyclic) bond motifs is 3. The summed E-state index contributed by atoms with van der Waals surface area (Å²) >= 11 is 1.43. The first-order chi connectivity index (χ1) is 13.0. The number of hydrogen-bond donors (Lipinski definition) is 2. The number of anilines is 1. The minimum atomic E-state index is -0.923. The zero-order valence-electron chi connectivity index (χ0n) is 15.2. The van der Waals surface area contributed by atoms with Crippen molar-refractivity contribution in [1.29, 1.82) is 0 Å². The fourth-order valence-electron chi connectivity index (χ4n) is 4.86. The lowest BCUT2D eigenvalue weighted by molar-refractivity contribution is -0.151. The summed E-state index contributed by atoms with van der Waals surface area (Å²) in [6, 6.07) is 0. The molecule has 5 rings (SSSR count). The van der Waals surface area contributed by atoms with Gasteiger partial charge in [-0.3, -0.25) is 9.59 Å². The third-order valence-electron chi connectivity index (χ3n) is 6.13. The van der Waals surface area contributed by atoms with Crippen LogP contribution in [0.4, 0.5) is 5.00 Å². The van der Waals surface area contributed by atoms with E-state index in [1.54, 1.807) is 0 Å². The number of thiophene rings is 1. The molecule has 4 aliphatic carbocycles. The van der Waals surface area contributed by atoms with Crippen molar-refractivity contribution >= 4 is 34.2 Å². The van der Waals surface area contributed by atoms with E-state index in [-0.39, 0.29) is 17.7 Å². The van der Waals surface area contributed by atoms with Crippen LogP contribution in [0.5, 0.6) is 0 Å². The van der Waals surface area contributed by atoms with E-state index in [1.807, 2.05) is 12.2 Å². The first-order valence-electron chi connectivity index (χ1n) is 9.46. The van der Waals surface area contributed by atoms with Crippen molar-refractivity contribution in [1.82, 2.24) is 0 Å². The van der Waals surface area contributed by atoms with E-state index < -0.39 is 23.8 Å². The van der Waals surface area contributed by atoms with Gasteiger partial charge in [-0.1, -0.05) is 12.2 Å². The van der Waals surface area contributed by atoms with E-state index in [4.69, 9.17) is 4.74 Å². The monoisotopic (exact) mass is 389 g/mol. The van der Waals surface area contributed by atoms with E-state index in [0.29, 0.717) is 10.6 Å². The average Bonchev–Trinajstić information content (AvgIpc) is 3.05. The highest BCUT2D eigenvalue weighted by molar-refractivity contribution is 7.17. The van der Waals surface area contributed by atoms with Crippen molar-refractivity contribution in [2.24, 2.45) is 23.7 Å². The third kappa shape index (κ3) is 3.08. The van der Waals surface area contributed by atoms with E-state index in [0.717, 1.165) is 49.0 Å². The second-order valence-electron chi connectivity index (χ2n) is 7.58. The summed E-state index contributed by atoms with van der Waals surface area (Å²) < 4.78 is 4.95. The maximum absolute atomic E-state index is 13.1. The molecule has 1 fully saturated rings. The smallest absolute Gasteiger partial charge is 0.341 e. The predicted octanol–water partition coefficient (Wildman–Crippen LogP) is 3.27. The first kappa shape index (κ1) is 18.2. The number of nitrogens with one attached hydrogen (secondary N) is 1. The number of aliphatic carboxylic acids is 1. The van der Waals surface area contributed by atoms with E-state index in [1.165, 1.54) is 18.4 Å². The van der Waals surface area contributed by atoms with E-state index in [9.17, 15) is 19.5 Å². The standard InChI is InChI=1S/C20H23NO5S/c1-26-20(25)16-12-4-2-3-5-13(12)27-18(16)21-17(22)14-10-6-8-11(9-7-10)15(14)19(23)24/h6,8,10-11,14-15H,2-5,7,9H2,1H3,(H,21,22)(H,23,24)/t10-,11-,14+,15-/m0/s1. The highest BCUT2D eigenvalue weighted by atomic mass is 32.1. The van der Waals surface area contributed by atoms with Crippen molar-refractivity contribution in [2.75, 3.05) is 12.4 Å². The Morgan fingerprint density at radius 2 is 1.78 bits per heavy atom. The Balaban J connectivity index is 1.65. The van der Waals surface area contributed by atoms with Gasteiger partial charge in [-0.05, 0) is 55.9 Å². The molecule has 0 saturated heterocycles. The van der Waals surface area contributed by atoms with Crippen molar-refractivity contribution in [3.63, 3.8) is 0 Å². The van der Waals surface area contributed by atoms with E-state index in [2.05, 4.69) is 5.32 Å². The molecule has 7 heteroatoms. The molecule has 1 aromatic heterocycles. The van der Waals surface area contributed by atoms with E-state index >= 15 is 0 Å². The maximum Gasteiger partial charge on any atom is 0.341 e. The lowest BCUT2D eigenvalue weighted by Gasteiger charge is -2.41. The lowest BCUT2D eigenvalue weighted by Crippen LogP contribution is -2.47. The average molecular weight is 389 g/mol. The molecular formula is C20H23NO5S. The van der Waals surface area contributed by atoms with Crippen molar-refractivity contribution in [3.05, 3.63) is 28.2 Å². The Hall–Kier alpha value is -2.15. The number of carbonyl (C=O) groups excluding carboxylic acids is 2. The fourth-order valence-corrected chi connectivity index (χ4v) is 6.14. The van der Waals surface area contributed by atoms with Crippen LogP contribution in [-0.2, 0) is 27.2 Å². The Bertz CT molecular complexity index is 827. The fraction of sp³-hybridized carbons (Fsp3) is 0.550. The SMILES string of the molecule is COC(=O)c1c(NC(=O)[C@H]2[C@@H](C(=O)O)[C@H]3C=C[C@H]2CC3)sc2c1CCCC2. The number of allylic oxidation sites excluding steroid dienone is 2. The van der Waals surface area contributed by atoms with Gasteiger partial charge < -0.3 is 15.2 Å². The van der Waals surface area contributed by atoms with Gasteiger partial charge in [0.05, 0.1) is 24.5 Å². The van der Waals surface area contributed by atoms with Crippen LogP contribution in [0.3, 0.4) is 0 Å². The number of aryl methyl sites for hydroxylation is 1. The molecule has 144 valence electrons. The topological polar surface area (TPSA) is 92.7 Å². The maximum atomic E-state index is 13.1. The molecule has 2 N–H and O–H groups in total. The van der Waals surface area contributed by atoms with Crippen LogP contribution in [0.1, 0.15) is 46.5 Å². The van der Waals surface area contributed by atoms with Crippen LogP contribution in [0.2, 0.25) is 0 Å². The Morgan fingerprint density at radius 1 is 1.11 bits per heavy atom. The van der Waals surface area contributed by atoms with Gasteiger partial charge in [0, 0.05) is 4.88 Å². The highest BCUT2D eigenvalue weighted by Crippen LogP contribution is 2.46. The summed E-state index contributed by atoms with van der Waals surface area (Å²) in [5.41, 5.74) is 1.43. The molecule has 1 aromatic rings. The molecule has 0 aromatic carbocycles. The molecule has 4 atom stereocenters. The Morgan fingerprint density at radius 3 is 2.41 bits per heavy atom. The zero-order valence-corrected chi connectivity index (χ0v) is 16.0. The zero-order chi connectivity index (χ0) is 19.1. The molecule has 27 heavy (non-hydrogen) atoms. The van der Waals surface area contributed by atoms with Crippen molar-refractivity contribution in [2.45, 2.75) is 38.5 Å². The third-order valence-corrected chi connectivity index (χ3v) is 7.34. The van der Waals surface area contributed by atoms with Gasteiger partial charge in [0.15, 0.2) is 0 Å². The van der Waals surface area contributed by atoms with Gasteiger partial charge in [0.1, 0.15) is 5.00 Å². The van der Waals surface area contributed by atoms with Crippen LogP contribution in [0.25, 0.3) is 0 Å². The molecule has 0 spiro atoms. The number of methoxy groups -OCH3 is 1. The molecular weight excluding hydrogens is 366 g/mol. The van der Waals surface area contributed by atoms with Crippen molar-refractivity contribution in [3.8, 4) is 0 Å². The van der Waals surface area contributed by atoms with Gasteiger partial charge in [-0.15, -0.1) is 11.3 Å². The van der Waals surface area contributed by atoms with Gasteiger partial charge in [0.2, 0.25) is 5.91 Å². The van der Waals surface area contributed by atoms with Gasteiger partial charge >= 0.3 is 11.9 Å². The largest absolute Gasteiger partial charge is 0.481 e. The van der Waals surface area contributed by atoms with Crippen LogP contribution >= 0.6 is 11.3 Å². The number of carbonyl (C=O) groups is 3. The van der Waals surface area contributed by atoms with Crippen LogP contribution in [-0.4, -0.2) is 30.1 Å². The minimum Gasteiger partial charge on any atom is -0.481 e. The number of carboxylic acid groups (broad SMARTS) is 1. The number of amides is 1. The molecule has 0 radical (unpaired) electrons. The summed E-state index contributed by atoms with van der Waals surface area (Å²) in [6.45, 7) is 0. The summed E-state index contributed by atoms with van der Waals surface area (Å²) in [6.07, 6.45) is 9.35. The summed E-state index contributed by atoms with van der Waals surface area (Å²) in [4.78, 5) is 38.4. The summed E-state index contributed by atoms with van der Waals surface area (Å²) in [5, 5.41) is 13.1. The second-order valence-corrected chi connectivity index (χ2v) is 8.68. The number of carboxylic acids is 1. The second kappa shape index (κ2) is 7.11. The lowest BCUT2D eigenvalue weighted by atomic mass is 9.62. The Labute approximate surface area is 161 Å². The number of esters is 1. The van der Waals surface area contributed by atoms with Gasteiger partial charge in [0.25, 0.3) is 0 Å². The molecule has 0 aliphatic heterocycles. The number of hydrogen-bond acceptors (Lipinski definition) is 5. The van der Waals surface area contributed by atoms with Crippen LogP contribution in [0, 0.1) is 23.7 Å². The van der Waals surface area contributed by atoms with Crippen LogP contribution in [0.15, 0.2) is 12.2 Å². The predicted molar refractivity (Wildman–Crippen MR) is 101 cm³/mol. The summed E-state index contributed by atoms with van der Waals surface area (Å²) in [5.74, 6) is -3.13.